The third-order valence-corrected chi connectivity index (χ3v) is 5.55. The fourth-order valence-corrected chi connectivity index (χ4v) is 3.72. The molecule has 0 bridgehead atoms. The molecule has 8 nitrogen and oxygen atoms in total. The third-order valence-electron chi connectivity index (χ3n) is 5.55. The number of fused-ring (bicyclic) bond motifs is 1. The van der Waals surface area contributed by atoms with Crippen molar-refractivity contribution in [2.24, 2.45) is 5.73 Å². The van der Waals surface area contributed by atoms with E-state index in [4.69, 9.17) is 10.5 Å². The van der Waals surface area contributed by atoms with E-state index >= 15 is 0 Å². The summed E-state index contributed by atoms with van der Waals surface area (Å²) in [5, 5.41) is 3.46. The lowest BCUT2D eigenvalue weighted by Crippen LogP contribution is -2.51. The van der Waals surface area contributed by atoms with Crippen LogP contribution in [-0.4, -0.2) is 42.6 Å². The minimum absolute atomic E-state index is 0.0521. The second-order valence-electron chi connectivity index (χ2n) is 9.41. The maximum Gasteiger partial charge on any atom is 0.259 e. The Balaban J connectivity index is 1.74. The Bertz CT molecular complexity index is 971. The van der Waals surface area contributed by atoms with Crippen molar-refractivity contribution in [1.82, 2.24) is 26.6 Å². The molecule has 0 aromatic heterocycles. The van der Waals surface area contributed by atoms with Crippen LogP contribution in [0.4, 0.5) is 0 Å². The van der Waals surface area contributed by atoms with Crippen LogP contribution in [0.1, 0.15) is 55.2 Å². The van der Waals surface area contributed by atoms with Crippen molar-refractivity contribution < 1.29 is 9.53 Å². The summed E-state index contributed by atoms with van der Waals surface area (Å²) >= 11 is 0. The Morgan fingerprint density at radius 2 is 1.97 bits per heavy atom. The van der Waals surface area contributed by atoms with E-state index in [2.05, 4.69) is 61.5 Å². The van der Waals surface area contributed by atoms with Gasteiger partial charge in [0.25, 0.3) is 5.91 Å². The van der Waals surface area contributed by atoms with Crippen molar-refractivity contribution in [1.29, 1.82) is 0 Å². The highest BCUT2D eigenvalue weighted by atomic mass is 16.5. The van der Waals surface area contributed by atoms with Crippen LogP contribution in [-0.2, 0) is 6.42 Å². The molecule has 0 aliphatic carbocycles. The van der Waals surface area contributed by atoms with Crippen molar-refractivity contribution in [2.75, 3.05) is 26.2 Å². The van der Waals surface area contributed by atoms with Gasteiger partial charge in [0.05, 0.1) is 6.61 Å². The van der Waals surface area contributed by atoms with Crippen LogP contribution >= 0.6 is 0 Å². The number of nitrogens with zero attached hydrogens (tertiary/aromatic N) is 1. The molecule has 184 valence electrons. The fraction of sp³-hybridized carbons (Fsp3) is 0.423. The van der Waals surface area contributed by atoms with Gasteiger partial charge >= 0.3 is 0 Å². The van der Waals surface area contributed by atoms with Crippen molar-refractivity contribution in [3.05, 3.63) is 77.1 Å². The molecule has 0 saturated heterocycles. The average Bonchev–Trinajstić information content (AvgIpc) is 3.29. The maximum atomic E-state index is 13.6. The van der Waals surface area contributed by atoms with Crippen LogP contribution in [0.3, 0.4) is 0 Å². The van der Waals surface area contributed by atoms with Gasteiger partial charge in [0, 0.05) is 43.2 Å². The number of hydrogen-bond donors (Lipinski definition) is 5. The van der Waals surface area contributed by atoms with E-state index in [0.29, 0.717) is 31.1 Å². The molecule has 0 unspecified atom stereocenters. The van der Waals surface area contributed by atoms with Gasteiger partial charge in [-0.2, -0.15) is 5.53 Å². The van der Waals surface area contributed by atoms with Crippen LogP contribution in [0, 0.1) is 0 Å². The highest BCUT2D eigenvalue weighted by molar-refractivity contribution is 5.95. The number of hydrazine groups is 2. The van der Waals surface area contributed by atoms with Crippen molar-refractivity contribution >= 4 is 5.91 Å². The normalized spacial score (nSPS) is 14.3. The first kappa shape index (κ1) is 25.7. The van der Waals surface area contributed by atoms with Crippen molar-refractivity contribution in [2.45, 2.75) is 45.7 Å². The molecule has 3 rings (SSSR count). The molecule has 1 atom stereocenters. The number of nitrogens with one attached hydrogen (secondary N) is 4. The summed E-state index contributed by atoms with van der Waals surface area (Å²) in [6, 6.07) is 15.8. The van der Waals surface area contributed by atoms with E-state index in [1.807, 2.05) is 36.4 Å². The van der Waals surface area contributed by atoms with E-state index in [-0.39, 0.29) is 24.0 Å². The molecule has 6 N–H and O–H groups in total. The van der Waals surface area contributed by atoms with E-state index < -0.39 is 0 Å². The Morgan fingerprint density at radius 3 is 2.68 bits per heavy atom. The third kappa shape index (κ3) is 7.30. The Kier molecular flexibility index (Phi) is 9.06. The lowest BCUT2D eigenvalue weighted by molar-refractivity contribution is 0.0786. The smallest absolute Gasteiger partial charge is 0.259 e. The Labute approximate surface area is 202 Å². The summed E-state index contributed by atoms with van der Waals surface area (Å²) in [5.74, 6) is 1.34. The first-order valence-corrected chi connectivity index (χ1v) is 11.8. The molecule has 0 spiro atoms. The van der Waals surface area contributed by atoms with Gasteiger partial charge in [-0.25, -0.2) is 5.43 Å². The molecule has 1 aliphatic heterocycles. The summed E-state index contributed by atoms with van der Waals surface area (Å²) in [4.78, 5) is 15.3. The van der Waals surface area contributed by atoms with Crippen molar-refractivity contribution in [3.63, 3.8) is 0 Å². The molecule has 0 fully saturated rings. The molecule has 1 aliphatic rings. The Hall–Kier alpha value is -2.91. The summed E-state index contributed by atoms with van der Waals surface area (Å²) in [7, 11) is 0. The summed E-state index contributed by atoms with van der Waals surface area (Å²) in [6.07, 6.45) is 2.61. The van der Waals surface area contributed by atoms with Crippen molar-refractivity contribution in [3.8, 4) is 5.75 Å². The number of benzene rings is 2. The standard InChI is InChI=1S/C26H38N6O2/c1-19(20-8-6-5-7-9-20)29-31-30-24(12-14-27)32(16-15-28-26(2,3)4)25(33)22-10-11-23-21(18-22)13-17-34-23/h5-12,18-19,28-31H,13-17,27H2,1-4H3/b24-12+/t19-/m0/s1. The number of carbonyl (C=O) groups is 1. The average molecular weight is 467 g/mol. The number of ether oxygens (including phenoxy) is 1. The first-order chi connectivity index (χ1) is 16.3. The molecular weight excluding hydrogens is 428 g/mol. The lowest BCUT2D eigenvalue weighted by Gasteiger charge is -2.29. The largest absolute Gasteiger partial charge is 0.493 e. The molecule has 1 amide bonds. The van der Waals surface area contributed by atoms with E-state index in [0.717, 1.165) is 23.3 Å². The summed E-state index contributed by atoms with van der Waals surface area (Å²) in [6.45, 7) is 10.4. The molecule has 0 saturated carbocycles. The number of nitrogens with two attached hydrogens (primary N) is 1. The minimum atomic E-state index is -0.101. The van der Waals surface area contributed by atoms with Gasteiger partial charge in [0.2, 0.25) is 0 Å². The van der Waals surface area contributed by atoms with Crippen LogP contribution in [0.15, 0.2) is 60.4 Å². The predicted molar refractivity (Wildman–Crippen MR) is 136 cm³/mol. The molecule has 34 heavy (non-hydrogen) atoms. The van der Waals surface area contributed by atoms with Gasteiger partial charge in [-0.1, -0.05) is 30.3 Å². The Morgan fingerprint density at radius 1 is 1.21 bits per heavy atom. The molecule has 2 aromatic carbocycles. The lowest BCUT2D eigenvalue weighted by atomic mass is 10.1. The van der Waals surface area contributed by atoms with E-state index in [9.17, 15) is 4.79 Å². The number of carbonyl (C=O) groups excluding carboxylic acids is 1. The van der Waals surface area contributed by atoms with E-state index in [1.54, 1.807) is 11.0 Å². The van der Waals surface area contributed by atoms with Gasteiger partial charge in [0.1, 0.15) is 11.6 Å². The fourth-order valence-electron chi connectivity index (χ4n) is 3.72. The number of rotatable bonds is 11. The van der Waals surface area contributed by atoms with Gasteiger partial charge < -0.3 is 15.8 Å². The summed E-state index contributed by atoms with van der Waals surface area (Å²) < 4.78 is 5.60. The second kappa shape index (κ2) is 12.0. The predicted octanol–water partition coefficient (Wildman–Crippen LogP) is 2.61. The zero-order chi connectivity index (χ0) is 24.6. The van der Waals surface area contributed by atoms with Gasteiger partial charge in [-0.15, -0.1) is 0 Å². The highest BCUT2D eigenvalue weighted by Crippen LogP contribution is 2.26. The molecular formula is C26H38N6O2. The SMILES string of the molecule is C[C@H](NNN/C(=C\CN)N(CCNC(C)(C)C)C(=O)c1ccc2c(c1)CCO2)c1ccccc1. The van der Waals surface area contributed by atoms with Crippen LogP contribution in [0.5, 0.6) is 5.75 Å². The van der Waals surface area contributed by atoms with E-state index in [1.165, 1.54) is 0 Å². The molecule has 8 heteroatoms. The monoisotopic (exact) mass is 466 g/mol. The zero-order valence-corrected chi connectivity index (χ0v) is 20.7. The summed E-state index contributed by atoms with van der Waals surface area (Å²) in [5.41, 5.74) is 18.0. The van der Waals surface area contributed by atoms with Gasteiger partial charge in [-0.3, -0.25) is 15.1 Å². The zero-order valence-electron chi connectivity index (χ0n) is 20.7. The molecule has 1 heterocycles. The maximum absolute atomic E-state index is 13.6. The molecule has 0 radical (unpaired) electrons. The highest BCUT2D eigenvalue weighted by Gasteiger charge is 2.23. The second-order valence-corrected chi connectivity index (χ2v) is 9.41. The number of hydrogen-bond acceptors (Lipinski definition) is 7. The topological polar surface area (TPSA) is 104 Å². The quantitative estimate of drug-likeness (QED) is 0.324. The van der Waals surface area contributed by atoms with Crippen LogP contribution in [0.25, 0.3) is 0 Å². The molecule has 2 aromatic rings. The van der Waals surface area contributed by atoms with Gasteiger partial charge in [0.15, 0.2) is 0 Å². The number of amides is 1. The van der Waals surface area contributed by atoms with Crippen LogP contribution < -0.4 is 32.2 Å². The first-order valence-electron chi connectivity index (χ1n) is 11.8. The van der Waals surface area contributed by atoms with Gasteiger partial charge in [-0.05, 0) is 63.1 Å². The van der Waals surface area contributed by atoms with Crippen LogP contribution in [0.2, 0.25) is 0 Å². The minimum Gasteiger partial charge on any atom is -0.493 e.